The summed E-state index contributed by atoms with van der Waals surface area (Å²) in [6, 6.07) is 24.8. The lowest BCUT2D eigenvalue weighted by atomic mass is 9.99. The molecule has 9 heteroatoms. The molecular formula is C29H26N4O4S. The van der Waals surface area contributed by atoms with Crippen LogP contribution in [-0.2, 0) is 21.2 Å². The molecule has 0 bridgehead atoms. The molecule has 192 valence electrons. The minimum atomic E-state index is -3.95. The second kappa shape index (κ2) is 12.1. The maximum atomic E-state index is 13.1. The van der Waals surface area contributed by atoms with Gasteiger partial charge in [-0.25, -0.2) is 23.1 Å². The topological polar surface area (TPSA) is 121 Å². The van der Waals surface area contributed by atoms with Crippen LogP contribution in [0.15, 0.2) is 96.2 Å². The number of rotatable bonds is 10. The number of pyridine rings is 2. The van der Waals surface area contributed by atoms with E-state index in [9.17, 15) is 13.2 Å². The third kappa shape index (κ3) is 7.03. The van der Waals surface area contributed by atoms with Gasteiger partial charge in [0.1, 0.15) is 12.4 Å². The molecule has 3 N–H and O–H groups in total. The summed E-state index contributed by atoms with van der Waals surface area (Å²) in [4.78, 5) is 19.4. The Morgan fingerprint density at radius 3 is 2.29 bits per heavy atom. The van der Waals surface area contributed by atoms with E-state index in [1.165, 1.54) is 12.3 Å². The molecule has 0 amide bonds. The molecule has 8 nitrogen and oxygen atoms in total. The van der Waals surface area contributed by atoms with E-state index in [2.05, 4.69) is 31.8 Å². The number of nitrogens with one attached hydrogen (secondary N) is 2. The first-order chi connectivity index (χ1) is 18.3. The van der Waals surface area contributed by atoms with E-state index >= 15 is 0 Å². The minimum absolute atomic E-state index is 0.100. The van der Waals surface area contributed by atoms with Crippen molar-refractivity contribution in [2.45, 2.75) is 24.4 Å². The Morgan fingerprint density at radius 1 is 0.947 bits per heavy atom. The van der Waals surface area contributed by atoms with Gasteiger partial charge in [-0.3, -0.25) is 4.79 Å². The first kappa shape index (κ1) is 26.5. The fourth-order valence-electron chi connectivity index (χ4n) is 3.83. The molecule has 0 fully saturated rings. The molecule has 0 saturated carbocycles. The molecule has 2 aromatic carbocycles. The predicted molar refractivity (Wildman–Crippen MR) is 146 cm³/mol. The number of nitrogens with zero attached hydrogens (tertiary/aromatic N) is 2. The summed E-state index contributed by atoms with van der Waals surface area (Å²) in [5.74, 6) is 5.22. The van der Waals surface area contributed by atoms with E-state index in [4.69, 9.17) is 5.11 Å². The van der Waals surface area contributed by atoms with Crippen molar-refractivity contribution in [2.24, 2.45) is 0 Å². The highest BCUT2D eigenvalue weighted by atomic mass is 32.2. The van der Waals surface area contributed by atoms with E-state index in [1.54, 1.807) is 37.3 Å². The van der Waals surface area contributed by atoms with Gasteiger partial charge in [0.25, 0.3) is 10.0 Å². The van der Waals surface area contributed by atoms with Gasteiger partial charge in [-0.05, 0) is 66.4 Å². The average Bonchev–Trinajstić information content (AvgIpc) is 2.93. The third-order valence-corrected chi connectivity index (χ3v) is 7.03. The van der Waals surface area contributed by atoms with Crippen molar-refractivity contribution in [3.05, 3.63) is 108 Å². The molecule has 0 aliphatic carbocycles. The molecule has 0 spiro atoms. The quantitative estimate of drug-likeness (QED) is 0.264. The lowest BCUT2D eigenvalue weighted by Crippen LogP contribution is -2.31. The van der Waals surface area contributed by atoms with Crippen molar-refractivity contribution < 1.29 is 18.3 Å². The summed E-state index contributed by atoms with van der Waals surface area (Å²) >= 11 is 0. The van der Waals surface area contributed by atoms with Crippen LogP contribution in [0, 0.1) is 11.8 Å². The van der Waals surface area contributed by atoms with Crippen LogP contribution in [0.4, 0.5) is 5.82 Å². The van der Waals surface area contributed by atoms with Crippen LogP contribution in [-0.4, -0.2) is 36.0 Å². The van der Waals surface area contributed by atoms with Gasteiger partial charge in [0.2, 0.25) is 0 Å². The first-order valence-electron chi connectivity index (χ1n) is 11.8. The zero-order valence-corrected chi connectivity index (χ0v) is 21.4. The van der Waals surface area contributed by atoms with Crippen LogP contribution in [0.25, 0.3) is 11.1 Å². The van der Waals surface area contributed by atoms with E-state index in [0.29, 0.717) is 17.9 Å². The molecule has 1 unspecified atom stereocenters. The molecule has 38 heavy (non-hydrogen) atoms. The molecule has 2 aromatic heterocycles. The maximum Gasteiger partial charge on any atom is 0.322 e. The van der Waals surface area contributed by atoms with E-state index in [0.717, 1.165) is 22.3 Å². The molecule has 0 aliphatic heterocycles. The number of hydrogen-bond acceptors (Lipinski definition) is 6. The SMILES string of the molecule is CC#Cc1ccc(-c2ccc(CC(NS(=O)(=O)c3ccccn3)c3cccc(NCC(=O)O)n3)cc2)cc1. The van der Waals surface area contributed by atoms with Gasteiger partial charge in [0.05, 0.1) is 11.7 Å². The minimum Gasteiger partial charge on any atom is -0.480 e. The van der Waals surface area contributed by atoms with E-state index in [-0.39, 0.29) is 11.6 Å². The van der Waals surface area contributed by atoms with Crippen LogP contribution in [0.5, 0.6) is 0 Å². The van der Waals surface area contributed by atoms with Gasteiger partial charge in [-0.2, -0.15) is 0 Å². The largest absolute Gasteiger partial charge is 0.480 e. The summed E-state index contributed by atoms with van der Waals surface area (Å²) < 4.78 is 29.0. The zero-order valence-electron chi connectivity index (χ0n) is 20.6. The second-order valence-corrected chi connectivity index (χ2v) is 10.1. The van der Waals surface area contributed by atoms with Gasteiger partial charge in [-0.15, -0.1) is 5.92 Å². The number of aromatic nitrogens is 2. The van der Waals surface area contributed by atoms with E-state index < -0.39 is 22.0 Å². The fourth-order valence-corrected chi connectivity index (χ4v) is 4.99. The van der Waals surface area contributed by atoms with Crippen molar-refractivity contribution >= 4 is 21.8 Å². The van der Waals surface area contributed by atoms with Crippen molar-refractivity contribution in [3.63, 3.8) is 0 Å². The Hall–Kier alpha value is -4.52. The van der Waals surface area contributed by atoms with Crippen molar-refractivity contribution in [2.75, 3.05) is 11.9 Å². The Labute approximate surface area is 221 Å². The predicted octanol–water partition coefficient (Wildman–Crippen LogP) is 4.27. The van der Waals surface area contributed by atoms with Crippen LogP contribution >= 0.6 is 0 Å². The lowest BCUT2D eigenvalue weighted by Gasteiger charge is -2.19. The molecule has 0 saturated heterocycles. The number of aliphatic carboxylic acids is 1. The molecule has 4 rings (SSSR count). The van der Waals surface area contributed by atoms with Crippen LogP contribution in [0.2, 0.25) is 0 Å². The summed E-state index contributed by atoms with van der Waals surface area (Å²) in [6.45, 7) is 1.49. The third-order valence-electron chi connectivity index (χ3n) is 5.64. The normalized spacial score (nSPS) is 11.7. The summed E-state index contributed by atoms with van der Waals surface area (Å²) in [5.41, 5.74) is 4.35. The Bertz CT molecular complexity index is 1560. The number of carbonyl (C=O) groups is 1. The monoisotopic (exact) mass is 526 g/mol. The van der Waals surface area contributed by atoms with Crippen molar-refractivity contribution in [3.8, 4) is 23.0 Å². The highest BCUT2D eigenvalue weighted by Gasteiger charge is 2.24. The van der Waals surface area contributed by atoms with Gasteiger partial charge in [-0.1, -0.05) is 54.5 Å². The fraction of sp³-hybridized carbons (Fsp3) is 0.138. The molecule has 1 atom stereocenters. The first-order valence-corrected chi connectivity index (χ1v) is 13.3. The second-order valence-electron chi connectivity index (χ2n) is 8.39. The Morgan fingerprint density at radius 2 is 1.66 bits per heavy atom. The lowest BCUT2D eigenvalue weighted by molar-refractivity contribution is -0.134. The molecule has 0 aliphatic rings. The Kier molecular flexibility index (Phi) is 8.48. The summed E-state index contributed by atoms with van der Waals surface area (Å²) in [7, 11) is -3.95. The Balaban J connectivity index is 1.61. The average molecular weight is 527 g/mol. The molecular weight excluding hydrogens is 500 g/mol. The van der Waals surface area contributed by atoms with Crippen LogP contribution in [0.3, 0.4) is 0 Å². The number of carboxylic acids is 1. The number of sulfonamides is 1. The van der Waals surface area contributed by atoms with Crippen LogP contribution < -0.4 is 10.0 Å². The molecule has 4 aromatic rings. The van der Waals surface area contributed by atoms with Gasteiger partial charge < -0.3 is 10.4 Å². The number of carboxylic acid groups (broad SMARTS) is 1. The zero-order chi connectivity index (χ0) is 27.0. The standard InChI is InChI=1S/C29H26N4O4S/c1-2-6-21-10-14-23(15-11-21)24-16-12-22(13-17-24)19-26(33-38(36,37)28-9-3-4-18-30-28)25-7-5-8-27(32-25)31-20-29(34)35/h3-5,7-18,26,33H,19-20H2,1H3,(H,31,32)(H,34,35). The summed E-state index contributed by atoms with van der Waals surface area (Å²) in [5, 5.41) is 11.6. The number of hydrogen-bond donors (Lipinski definition) is 3. The van der Waals surface area contributed by atoms with Gasteiger partial charge in [0, 0.05) is 11.8 Å². The van der Waals surface area contributed by atoms with Crippen molar-refractivity contribution in [1.29, 1.82) is 0 Å². The van der Waals surface area contributed by atoms with Crippen molar-refractivity contribution in [1.82, 2.24) is 14.7 Å². The van der Waals surface area contributed by atoms with Gasteiger partial charge >= 0.3 is 5.97 Å². The number of anilines is 1. The summed E-state index contributed by atoms with van der Waals surface area (Å²) in [6.07, 6.45) is 1.73. The number of benzene rings is 2. The molecule has 0 radical (unpaired) electrons. The van der Waals surface area contributed by atoms with E-state index in [1.807, 2.05) is 48.5 Å². The smallest absolute Gasteiger partial charge is 0.322 e. The van der Waals surface area contributed by atoms with Gasteiger partial charge in [0.15, 0.2) is 5.03 Å². The highest BCUT2D eigenvalue weighted by Crippen LogP contribution is 2.24. The maximum absolute atomic E-state index is 13.1. The van der Waals surface area contributed by atoms with Crippen LogP contribution in [0.1, 0.15) is 29.8 Å². The highest BCUT2D eigenvalue weighted by molar-refractivity contribution is 7.89. The molecule has 2 heterocycles.